The van der Waals surface area contributed by atoms with Crippen LogP contribution in [0.1, 0.15) is 75.2 Å². The van der Waals surface area contributed by atoms with E-state index in [-0.39, 0.29) is 22.4 Å². The van der Waals surface area contributed by atoms with Gasteiger partial charge in [-0.05, 0) is 53.5 Å². The Morgan fingerprint density at radius 2 is 1.57 bits per heavy atom. The molecule has 1 heterocycles. The SMILES string of the molecule is CC1(C)CC(=O)C2C(=NC3=C(C(=O)CC(C)(C)C3)C2c2cccc(OC(=O)c3ccccc3)c2)C1. The first-order valence-corrected chi connectivity index (χ1v) is 12.3. The standard InChI is InChI=1S/C30H31NO4/c1-29(2)14-21-26(23(32)16-29)25(27-22(31-21)15-30(3,4)17-24(27)33)19-11-8-12-20(13-19)35-28(34)18-9-6-5-7-10-18/h5-13,25-26H,14-17H2,1-4H3. The number of ketones is 2. The Balaban J connectivity index is 1.57. The number of carbonyl (C=O) groups is 3. The van der Waals surface area contributed by atoms with Crippen LogP contribution in [0.3, 0.4) is 0 Å². The second kappa shape index (κ2) is 8.40. The summed E-state index contributed by atoms with van der Waals surface area (Å²) in [5.74, 6) is -0.712. The van der Waals surface area contributed by atoms with Crippen LogP contribution in [0.2, 0.25) is 0 Å². The lowest BCUT2D eigenvalue weighted by molar-refractivity contribution is -0.124. The van der Waals surface area contributed by atoms with E-state index in [1.54, 1.807) is 36.4 Å². The summed E-state index contributed by atoms with van der Waals surface area (Å²) in [7, 11) is 0. The normalized spacial score (nSPS) is 24.9. The Bertz CT molecular complexity index is 1280. The minimum absolute atomic E-state index is 0.0633. The number of carbonyl (C=O) groups excluding carboxylic acids is 3. The minimum Gasteiger partial charge on any atom is -0.423 e. The Hall–Kier alpha value is -3.34. The monoisotopic (exact) mass is 469 g/mol. The summed E-state index contributed by atoms with van der Waals surface area (Å²) < 4.78 is 5.67. The zero-order valence-electron chi connectivity index (χ0n) is 20.8. The van der Waals surface area contributed by atoms with Crippen molar-refractivity contribution in [3.05, 3.63) is 77.0 Å². The first-order valence-electron chi connectivity index (χ1n) is 12.3. The van der Waals surface area contributed by atoms with Crippen LogP contribution in [-0.2, 0) is 9.59 Å². The molecule has 35 heavy (non-hydrogen) atoms. The van der Waals surface area contributed by atoms with Crippen molar-refractivity contribution >= 4 is 23.2 Å². The number of fused-ring (bicyclic) bond motifs is 1. The number of Topliss-reactive ketones (excluding diaryl/α,β-unsaturated/α-hetero) is 2. The Morgan fingerprint density at radius 3 is 2.31 bits per heavy atom. The van der Waals surface area contributed by atoms with Gasteiger partial charge in [-0.25, -0.2) is 4.79 Å². The fourth-order valence-corrected chi connectivity index (χ4v) is 5.88. The maximum Gasteiger partial charge on any atom is 0.343 e. The Labute approximate surface area is 206 Å². The highest BCUT2D eigenvalue weighted by atomic mass is 16.5. The third kappa shape index (κ3) is 4.52. The topological polar surface area (TPSA) is 72.8 Å². The average Bonchev–Trinajstić information content (AvgIpc) is 2.76. The molecular weight excluding hydrogens is 438 g/mol. The minimum atomic E-state index is -0.452. The smallest absolute Gasteiger partial charge is 0.343 e. The molecule has 1 aliphatic heterocycles. The van der Waals surface area contributed by atoms with Crippen LogP contribution in [0.4, 0.5) is 0 Å². The molecule has 1 saturated carbocycles. The molecule has 0 aromatic heterocycles. The van der Waals surface area contributed by atoms with Crippen molar-refractivity contribution in [3.63, 3.8) is 0 Å². The largest absolute Gasteiger partial charge is 0.423 e. The summed E-state index contributed by atoms with van der Waals surface area (Å²) in [6, 6.07) is 16.1. The summed E-state index contributed by atoms with van der Waals surface area (Å²) in [6.07, 6.45) is 2.33. The van der Waals surface area contributed by atoms with Crippen LogP contribution in [-0.4, -0.2) is 23.2 Å². The molecule has 180 valence electrons. The molecule has 0 radical (unpaired) electrons. The van der Waals surface area contributed by atoms with Gasteiger partial charge in [0, 0.05) is 35.7 Å². The van der Waals surface area contributed by atoms with Crippen LogP contribution in [0.25, 0.3) is 0 Å². The van der Waals surface area contributed by atoms with Gasteiger partial charge in [-0.2, -0.15) is 0 Å². The third-order valence-electron chi connectivity index (χ3n) is 7.27. The first kappa shape index (κ1) is 23.4. The van der Waals surface area contributed by atoms with Gasteiger partial charge < -0.3 is 4.74 Å². The molecule has 2 aromatic rings. The predicted octanol–water partition coefficient (Wildman–Crippen LogP) is 6.09. The number of esters is 1. The maximum atomic E-state index is 13.5. The second-order valence-corrected chi connectivity index (χ2v) is 11.7. The zero-order valence-corrected chi connectivity index (χ0v) is 20.8. The van der Waals surface area contributed by atoms with Crippen LogP contribution in [0, 0.1) is 16.7 Å². The molecule has 0 bridgehead atoms. The van der Waals surface area contributed by atoms with Gasteiger partial charge in [0.25, 0.3) is 0 Å². The molecule has 0 amide bonds. The van der Waals surface area contributed by atoms with E-state index in [0.29, 0.717) is 36.1 Å². The summed E-state index contributed by atoms with van der Waals surface area (Å²) >= 11 is 0. The second-order valence-electron chi connectivity index (χ2n) is 11.7. The molecule has 5 rings (SSSR count). The summed E-state index contributed by atoms with van der Waals surface area (Å²) in [4.78, 5) is 44.6. The van der Waals surface area contributed by atoms with E-state index >= 15 is 0 Å². The van der Waals surface area contributed by atoms with Crippen LogP contribution >= 0.6 is 0 Å². The van der Waals surface area contributed by atoms with Crippen molar-refractivity contribution < 1.29 is 19.1 Å². The van der Waals surface area contributed by atoms with Gasteiger partial charge in [0.2, 0.25) is 0 Å². The van der Waals surface area contributed by atoms with Gasteiger partial charge in [0.15, 0.2) is 5.78 Å². The summed E-state index contributed by atoms with van der Waals surface area (Å²) in [6.45, 7) is 8.38. The van der Waals surface area contributed by atoms with Gasteiger partial charge in [0.1, 0.15) is 11.5 Å². The highest BCUT2D eigenvalue weighted by Crippen LogP contribution is 2.51. The average molecular weight is 470 g/mol. The van der Waals surface area contributed by atoms with Gasteiger partial charge in [0.05, 0.1) is 11.5 Å². The van der Waals surface area contributed by atoms with Crippen molar-refractivity contribution in [2.75, 3.05) is 0 Å². The first-order chi connectivity index (χ1) is 16.5. The summed E-state index contributed by atoms with van der Waals surface area (Å²) in [5.41, 5.74) is 3.32. The van der Waals surface area contributed by atoms with Crippen molar-refractivity contribution in [3.8, 4) is 5.75 Å². The van der Waals surface area contributed by atoms with E-state index in [4.69, 9.17) is 9.73 Å². The quantitative estimate of drug-likeness (QED) is 0.403. The maximum absolute atomic E-state index is 13.5. The van der Waals surface area contributed by atoms with Gasteiger partial charge in [-0.1, -0.05) is 58.0 Å². The number of rotatable bonds is 3. The van der Waals surface area contributed by atoms with Crippen molar-refractivity contribution in [2.45, 2.75) is 59.3 Å². The highest BCUT2D eigenvalue weighted by molar-refractivity contribution is 6.13. The number of nitrogens with zero attached hydrogens (tertiary/aromatic N) is 1. The Kier molecular flexibility index (Phi) is 5.62. The highest BCUT2D eigenvalue weighted by Gasteiger charge is 2.49. The van der Waals surface area contributed by atoms with Crippen molar-refractivity contribution in [1.29, 1.82) is 0 Å². The molecule has 0 spiro atoms. The number of allylic oxidation sites excluding steroid dienone is 2. The van der Waals surface area contributed by atoms with Gasteiger partial charge >= 0.3 is 5.97 Å². The molecule has 5 nitrogen and oxygen atoms in total. The third-order valence-corrected chi connectivity index (χ3v) is 7.27. The van der Waals surface area contributed by atoms with E-state index in [1.165, 1.54) is 0 Å². The van der Waals surface area contributed by atoms with Crippen molar-refractivity contribution in [1.82, 2.24) is 0 Å². The molecule has 1 fully saturated rings. The molecule has 5 heteroatoms. The summed E-state index contributed by atoms with van der Waals surface area (Å²) in [5, 5.41) is 0. The molecule has 2 aromatic carbocycles. The number of benzene rings is 2. The van der Waals surface area contributed by atoms with Crippen LogP contribution in [0.5, 0.6) is 5.75 Å². The molecule has 0 N–H and O–H groups in total. The number of aliphatic imine (C=N–C) groups is 1. The van der Waals surface area contributed by atoms with Crippen LogP contribution in [0.15, 0.2) is 70.9 Å². The lowest BCUT2D eigenvalue weighted by Gasteiger charge is -2.44. The lowest BCUT2D eigenvalue weighted by Crippen LogP contribution is -2.45. The predicted molar refractivity (Wildman–Crippen MR) is 135 cm³/mol. The van der Waals surface area contributed by atoms with E-state index in [1.807, 2.05) is 18.2 Å². The Morgan fingerprint density at radius 1 is 0.857 bits per heavy atom. The molecule has 0 saturated heterocycles. The zero-order chi connectivity index (χ0) is 25.0. The fourth-order valence-electron chi connectivity index (χ4n) is 5.88. The number of ether oxygens (including phenoxy) is 1. The molecule has 2 atom stereocenters. The molecular formula is C30H31NO4. The van der Waals surface area contributed by atoms with Gasteiger partial charge in [-0.15, -0.1) is 0 Å². The van der Waals surface area contributed by atoms with E-state index < -0.39 is 17.8 Å². The van der Waals surface area contributed by atoms with E-state index in [2.05, 4.69) is 27.7 Å². The number of hydrogen-bond acceptors (Lipinski definition) is 5. The molecule has 3 aliphatic rings. The number of hydrogen-bond donors (Lipinski definition) is 0. The van der Waals surface area contributed by atoms with E-state index in [9.17, 15) is 14.4 Å². The van der Waals surface area contributed by atoms with E-state index in [0.717, 1.165) is 23.4 Å². The van der Waals surface area contributed by atoms with Crippen molar-refractivity contribution in [2.24, 2.45) is 21.7 Å². The van der Waals surface area contributed by atoms with Gasteiger partial charge in [-0.3, -0.25) is 14.6 Å². The fraction of sp³-hybridized carbons (Fsp3) is 0.400. The molecule has 2 unspecified atom stereocenters. The molecule has 2 aliphatic carbocycles. The van der Waals surface area contributed by atoms with Crippen LogP contribution < -0.4 is 4.74 Å². The lowest BCUT2D eigenvalue weighted by atomic mass is 9.60.